The summed E-state index contributed by atoms with van der Waals surface area (Å²) in [6, 6.07) is 35.8. The van der Waals surface area contributed by atoms with Gasteiger partial charge in [0.1, 0.15) is 0 Å². The molecule has 0 amide bonds. The quantitative estimate of drug-likeness (QED) is 0.375. The molecule has 0 aromatic heterocycles. The lowest BCUT2D eigenvalue weighted by Crippen LogP contribution is -2.25. The van der Waals surface area contributed by atoms with Crippen LogP contribution in [0.2, 0.25) is 0 Å². The van der Waals surface area contributed by atoms with Crippen LogP contribution in [0.15, 0.2) is 114 Å². The van der Waals surface area contributed by atoms with Crippen LogP contribution in [0.25, 0.3) is 11.1 Å². The first-order valence-corrected chi connectivity index (χ1v) is 11.3. The largest absolute Gasteiger partial charge is 0.309 e. The van der Waals surface area contributed by atoms with E-state index in [9.17, 15) is 4.57 Å². The van der Waals surface area contributed by atoms with Crippen LogP contribution in [0.5, 0.6) is 0 Å². The lowest BCUT2D eigenvalue weighted by atomic mass is 10.1. The van der Waals surface area contributed by atoms with Crippen molar-refractivity contribution in [3.8, 4) is 11.1 Å². The summed E-state index contributed by atoms with van der Waals surface area (Å²) in [5.41, 5.74) is 2.23. The molecule has 0 N–H and O–H groups in total. The van der Waals surface area contributed by atoms with Crippen molar-refractivity contribution in [1.29, 1.82) is 0 Å². The Labute approximate surface area is 168 Å². The van der Waals surface area contributed by atoms with Crippen LogP contribution in [0.3, 0.4) is 0 Å². The second-order valence-electron chi connectivity index (χ2n) is 6.31. The molecule has 132 valence electrons. The minimum atomic E-state index is -2.97. The molecule has 4 rings (SSSR count). The smallest absolute Gasteiger partial charge is 0.172 e. The van der Waals surface area contributed by atoms with Crippen molar-refractivity contribution in [2.24, 2.45) is 0 Å². The predicted molar refractivity (Wildman–Crippen MR) is 119 cm³/mol. The predicted octanol–water partition coefficient (Wildman–Crippen LogP) is 5.76. The molecule has 0 saturated heterocycles. The molecule has 0 spiro atoms. The van der Waals surface area contributed by atoms with Crippen LogP contribution >= 0.6 is 23.1 Å². The van der Waals surface area contributed by atoms with Crippen LogP contribution < -0.4 is 15.9 Å². The van der Waals surface area contributed by atoms with Gasteiger partial charge in [0.25, 0.3) is 0 Å². The van der Waals surface area contributed by atoms with Gasteiger partial charge in [-0.1, -0.05) is 97.1 Å². The van der Waals surface area contributed by atoms with Crippen molar-refractivity contribution in [3.05, 3.63) is 114 Å². The van der Waals surface area contributed by atoms with Gasteiger partial charge in [-0.2, -0.15) is 0 Å². The van der Waals surface area contributed by atoms with Crippen LogP contribution in [0, 0.1) is 0 Å². The second-order valence-corrected chi connectivity index (χ2v) is 9.90. The van der Waals surface area contributed by atoms with E-state index in [1.54, 1.807) is 0 Å². The SMILES string of the molecule is O=P(c1ccccc1)(c1ccccc1)c1ccc(-c2ccccc2)cc1Br. The van der Waals surface area contributed by atoms with Crippen molar-refractivity contribution >= 4 is 39.0 Å². The highest BCUT2D eigenvalue weighted by atomic mass is 79.9. The van der Waals surface area contributed by atoms with Gasteiger partial charge in [0, 0.05) is 20.4 Å². The summed E-state index contributed by atoms with van der Waals surface area (Å²) >= 11 is 3.70. The Morgan fingerprint density at radius 3 is 1.52 bits per heavy atom. The van der Waals surface area contributed by atoms with Crippen LogP contribution in [0.1, 0.15) is 0 Å². The maximum absolute atomic E-state index is 14.5. The zero-order chi connectivity index (χ0) is 18.7. The maximum atomic E-state index is 14.5. The molecule has 0 radical (unpaired) electrons. The molecule has 0 aliphatic rings. The molecule has 0 bridgehead atoms. The van der Waals surface area contributed by atoms with E-state index in [0.717, 1.165) is 31.5 Å². The Bertz CT molecular complexity index is 1050. The van der Waals surface area contributed by atoms with Gasteiger partial charge in [0.05, 0.1) is 0 Å². The third kappa shape index (κ3) is 3.43. The number of benzene rings is 4. The molecule has 0 fully saturated rings. The molecule has 0 atom stereocenters. The van der Waals surface area contributed by atoms with Gasteiger partial charge in [-0.05, 0) is 39.2 Å². The molecule has 0 unspecified atom stereocenters. The fourth-order valence-corrected chi connectivity index (χ4v) is 7.09. The normalized spacial score (nSPS) is 11.3. The van der Waals surface area contributed by atoms with Crippen LogP contribution in [-0.2, 0) is 4.57 Å². The van der Waals surface area contributed by atoms with Crippen molar-refractivity contribution in [2.75, 3.05) is 0 Å². The minimum absolute atomic E-state index is 0.819. The highest BCUT2D eigenvalue weighted by Crippen LogP contribution is 2.44. The molecule has 3 heteroatoms. The Hall–Kier alpha value is -2.41. The molecule has 0 heterocycles. The lowest BCUT2D eigenvalue weighted by Gasteiger charge is -2.21. The maximum Gasteiger partial charge on any atom is 0.172 e. The van der Waals surface area contributed by atoms with E-state index in [-0.39, 0.29) is 0 Å². The van der Waals surface area contributed by atoms with E-state index in [1.165, 1.54) is 0 Å². The summed E-state index contributed by atoms with van der Waals surface area (Å²) in [4.78, 5) is 0. The molecule has 27 heavy (non-hydrogen) atoms. The summed E-state index contributed by atoms with van der Waals surface area (Å²) in [6.45, 7) is 0. The molecule has 0 saturated carbocycles. The third-order valence-corrected chi connectivity index (χ3v) is 8.72. The second kappa shape index (κ2) is 7.68. The standard InChI is InChI=1S/C24H18BrOP/c25-23-18-20(19-10-4-1-5-11-19)16-17-24(23)27(26,21-12-6-2-7-13-21)22-14-8-3-9-15-22/h1-18H. The summed E-state index contributed by atoms with van der Waals surface area (Å²) in [7, 11) is -2.97. The molecule has 1 nitrogen and oxygen atoms in total. The van der Waals surface area contributed by atoms with Crippen molar-refractivity contribution in [2.45, 2.75) is 0 Å². The van der Waals surface area contributed by atoms with E-state index in [2.05, 4.69) is 34.1 Å². The Morgan fingerprint density at radius 1 is 0.556 bits per heavy atom. The summed E-state index contributed by atoms with van der Waals surface area (Å²) in [5, 5.41) is 2.49. The Balaban J connectivity index is 1.91. The summed E-state index contributed by atoms with van der Waals surface area (Å²) in [6.07, 6.45) is 0. The zero-order valence-corrected chi connectivity index (χ0v) is 17.1. The summed E-state index contributed by atoms with van der Waals surface area (Å²) < 4.78 is 15.3. The van der Waals surface area contributed by atoms with Crippen molar-refractivity contribution in [1.82, 2.24) is 0 Å². The van der Waals surface area contributed by atoms with Crippen LogP contribution in [-0.4, -0.2) is 0 Å². The fourth-order valence-electron chi connectivity index (χ4n) is 3.28. The Kier molecular flexibility index (Phi) is 5.11. The fraction of sp³-hybridized carbons (Fsp3) is 0. The topological polar surface area (TPSA) is 17.1 Å². The molecular formula is C24H18BrOP. The van der Waals surface area contributed by atoms with Gasteiger partial charge in [-0.15, -0.1) is 0 Å². The van der Waals surface area contributed by atoms with E-state index >= 15 is 0 Å². The lowest BCUT2D eigenvalue weighted by molar-refractivity contribution is 0.592. The summed E-state index contributed by atoms with van der Waals surface area (Å²) in [5.74, 6) is 0. The van der Waals surface area contributed by atoms with Crippen LogP contribution in [0.4, 0.5) is 0 Å². The van der Waals surface area contributed by atoms with E-state index in [4.69, 9.17) is 0 Å². The number of hydrogen-bond donors (Lipinski definition) is 0. The molecular weight excluding hydrogens is 415 g/mol. The van der Waals surface area contributed by atoms with Gasteiger partial charge < -0.3 is 4.57 Å². The highest BCUT2D eigenvalue weighted by Gasteiger charge is 2.31. The van der Waals surface area contributed by atoms with Gasteiger partial charge in [0.2, 0.25) is 0 Å². The first kappa shape index (κ1) is 18.0. The zero-order valence-electron chi connectivity index (χ0n) is 14.6. The third-order valence-electron chi connectivity index (χ3n) is 4.63. The van der Waals surface area contributed by atoms with Crippen molar-refractivity contribution in [3.63, 3.8) is 0 Å². The number of halogens is 1. The van der Waals surface area contributed by atoms with Gasteiger partial charge >= 0.3 is 0 Å². The highest BCUT2D eigenvalue weighted by molar-refractivity contribution is 9.10. The van der Waals surface area contributed by atoms with E-state index in [0.29, 0.717) is 0 Å². The van der Waals surface area contributed by atoms with Crippen molar-refractivity contribution < 1.29 is 4.57 Å². The monoisotopic (exact) mass is 432 g/mol. The first-order chi connectivity index (χ1) is 13.2. The van der Waals surface area contributed by atoms with Gasteiger partial charge in [0.15, 0.2) is 7.14 Å². The van der Waals surface area contributed by atoms with E-state index < -0.39 is 7.14 Å². The molecule has 0 aliphatic heterocycles. The van der Waals surface area contributed by atoms with Gasteiger partial charge in [-0.3, -0.25) is 0 Å². The average molecular weight is 433 g/mol. The number of hydrogen-bond acceptors (Lipinski definition) is 1. The first-order valence-electron chi connectivity index (χ1n) is 8.76. The molecule has 4 aromatic carbocycles. The average Bonchev–Trinajstić information content (AvgIpc) is 2.75. The minimum Gasteiger partial charge on any atom is -0.309 e. The van der Waals surface area contributed by atoms with E-state index in [1.807, 2.05) is 91.0 Å². The number of rotatable bonds is 4. The van der Waals surface area contributed by atoms with Gasteiger partial charge in [-0.25, -0.2) is 0 Å². The Morgan fingerprint density at radius 2 is 1.04 bits per heavy atom. The molecule has 4 aromatic rings. The molecule has 0 aliphatic carbocycles.